The van der Waals surface area contributed by atoms with Crippen LogP contribution in [0, 0.1) is 17.0 Å². The van der Waals surface area contributed by atoms with Crippen molar-refractivity contribution >= 4 is 24.0 Å². The van der Waals surface area contributed by atoms with Gasteiger partial charge >= 0.3 is 0 Å². The van der Waals surface area contributed by atoms with Gasteiger partial charge in [-0.1, -0.05) is 0 Å². The van der Waals surface area contributed by atoms with Gasteiger partial charge in [-0.25, -0.2) is 0 Å². The molecule has 1 aromatic rings. The molecule has 0 fully saturated rings. The van der Waals surface area contributed by atoms with E-state index in [0.29, 0.717) is 24.2 Å². The van der Waals surface area contributed by atoms with E-state index in [4.69, 9.17) is 5.73 Å². The highest BCUT2D eigenvalue weighted by molar-refractivity contribution is 5.95. The zero-order valence-corrected chi connectivity index (χ0v) is 11.5. The molecule has 0 aliphatic rings. The highest BCUT2D eigenvalue weighted by atomic mass is 35.5. The number of halogens is 1. The van der Waals surface area contributed by atoms with E-state index >= 15 is 0 Å². The maximum atomic E-state index is 11.8. The topological polar surface area (TPSA) is 98.3 Å². The van der Waals surface area contributed by atoms with Gasteiger partial charge in [-0.3, -0.25) is 14.9 Å². The molecule has 0 saturated heterocycles. The number of unbranched alkanes of at least 4 members (excludes halogenated alkanes) is 1. The Kier molecular flexibility index (Phi) is 7.71. The fraction of sp³-hybridized carbons (Fsp3) is 0.417. The molecule has 0 aliphatic heterocycles. The third kappa shape index (κ3) is 5.67. The number of carbonyl (C=O) groups is 1. The van der Waals surface area contributed by atoms with Crippen LogP contribution in [0.25, 0.3) is 0 Å². The SMILES string of the molecule is Cc1cc(C(=O)NCCCCN)cc([N+](=O)[O-])c1.Cl. The number of nitro groups is 1. The minimum absolute atomic E-state index is 0. The Bertz CT molecular complexity index is 452. The van der Waals surface area contributed by atoms with E-state index in [1.807, 2.05) is 0 Å². The number of nitrogens with two attached hydrogens (primary N) is 1. The lowest BCUT2D eigenvalue weighted by Gasteiger charge is -2.05. The van der Waals surface area contributed by atoms with Gasteiger partial charge in [-0.15, -0.1) is 12.4 Å². The number of hydrogen-bond acceptors (Lipinski definition) is 4. The number of non-ortho nitro benzene ring substituents is 1. The van der Waals surface area contributed by atoms with Gasteiger partial charge in [-0.05, 0) is 37.9 Å². The van der Waals surface area contributed by atoms with Gasteiger partial charge in [-0.2, -0.15) is 0 Å². The second-order valence-electron chi connectivity index (χ2n) is 4.07. The molecule has 0 saturated carbocycles. The Balaban J connectivity index is 0.00000324. The lowest BCUT2D eigenvalue weighted by molar-refractivity contribution is -0.384. The van der Waals surface area contributed by atoms with E-state index in [1.165, 1.54) is 12.1 Å². The van der Waals surface area contributed by atoms with Gasteiger partial charge < -0.3 is 11.1 Å². The number of nitrogens with zero attached hydrogens (tertiary/aromatic N) is 1. The minimum atomic E-state index is -0.502. The quantitative estimate of drug-likeness (QED) is 0.473. The van der Waals surface area contributed by atoms with Gasteiger partial charge in [0.25, 0.3) is 11.6 Å². The zero-order valence-electron chi connectivity index (χ0n) is 10.7. The molecule has 1 rings (SSSR count). The van der Waals surface area contributed by atoms with E-state index in [0.717, 1.165) is 12.8 Å². The van der Waals surface area contributed by atoms with Gasteiger partial charge in [0.15, 0.2) is 0 Å². The third-order valence-corrected chi connectivity index (χ3v) is 2.45. The number of aryl methyl sites for hydroxylation is 1. The van der Waals surface area contributed by atoms with Gasteiger partial charge in [0.2, 0.25) is 0 Å². The Hall–Kier alpha value is -1.66. The number of hydrogen-bond donors (Lipinski definition) is 2. The zero-order chi connectivity index (χ0) is 13.5. The van der Waals surface area contributed by atoms with Crippen LogP contribution in [0.1, 0.15) is 28.8 Å². The Morgan fingerprint density at radius 1 is 1.37 bits per heavy atom. The third-order valence-electron chi connectivity index (χ3n) is 2.45. The predicted molar refractivity (Wildman–Crippen MR) is 75.7 cm³/mol. The normalized spacial score (nSPS) is 9.58. The fourth-order valence-corrected chi connectivity index (χ4v) is 1.57. The van der Waals surface area contributed by atoms with Crippen LogP contribution in [0.4, 0.5) is 5.69 Å². The molecular weight excluding hydrogens is 270 g/mol. The summed E-state index contributed by atoms with van der Waals surface area (Å²) >= 11 is 0. The molecular formula is C12H18ClN3O3. The molecule has 7 heteroatoms. The second-order valence-corrected chi connectivity index (χ2v) is 4.07. The van der Waals surface area contributed by atoms with Crippen molar-refractivity contribution in [2.24, 2.45) is 5.73 Å². The summed E-state index contributed by atoms with van der Waals surface area (Å²) in [5, 5.41) is 13.4. The molecule has 19 heavy (non-hydrogen) atoms. The monoisotopic (exact) mass is 287 g/mol. The van der Waals surface area contributed by atoms with Crippen LogP contribution >= 0.6 is 12.4 Å². The summed E-state index contributed by atoms with van der Waals surface area (Å²) in [6.45, 7) is 2.84. The maximum Gasteiger partial charge on any atom is 0.270 e. The van der Waals surface area contributed by atoms with E-state index in [-0.39, 0.29) is 24.0 Å². The molecule has 0 aromatic heterocycles. The molecule has 0 bridgehead atoms. The number of carbonyl (C=O) groups excluding carboxylic acids is 1. The molecule has 0 atom stereocenters. The molecule has 0 spiro atoms. The van der Waals surface area contributed by atoms with Crippen molar-refractivity contribution in [2.75, 3.05) is 13.1 Å². The molecule has 1 aromatic carbocycles. The first-order chi connectivity index (χ1) is 8.54. The molecule has 6 nitrogen and oxygen atoms in total. The van der Waals surface area contributed by atoms with Crippen molar-refractivity contribution in [3.8, 4) is 0 Å². The largest absolute Gasteiger partial charge is 0.352 e. The summed E-state index contributed by atoms with van der Waals surface area (Å²) in [4.78, 5) is 22.0. The Labute approximate surface area is 117 Å². The highest BCUT2D eigenvalue weighted by Crippen LogP contribution is 2.16. The average Bonchev–Trinajstić information content (AvgIpc) is 2.33. The van der Waals surface area contributed by atoms with Crippen molar-refractivity contribution in [2.45, 2.75) is 19.8 Å². The summed E-state index contributed by atoms with van der Waals surface area (Å²) in [7, 11) is 0. The summed E-state index contributed by atoms with van der Waals surface area (Å²) < 4.78 is 0. The first-order valence-corrected chi connectivity index (χ1v) is 5.79. The van der Waals surface area contributed by atoms with Crippen LogP contribution in [0.2, 0.25) is 0 Å². The molecule has 0 radical (unpaired) electrons. The van der Waals surface area contributed by atoms with Crippen LogP contribution in [0.15, 0.2) is 18.2 Å². The lowest BCUT2D eigenvalue weighted by Crippen LogP contribution is -2.25. The first-order valence-electron chi connectivity index (χ1n) is 5.79. The first kappa shape index (κ1) is 17.3. The van der Waals surface area contributed by atoms with Gasteiger partial charge in [0.1, 0.15) is 0 Å². The molecule has 3 N–H and O–H groups in total. The van der Waals surface area contributed by atoms with Crippen molar-refractivity contribution in [3.63, 3.8) is 0 Å². The number of benzene rings is 1. The van der Waals surface area contributed by atoms with E-state index in [1.54, 1.807) is 13.0 Å². The Morgan fingerprint density at radius 2 is 2.05 bits per heavy atom. The number of nitrogens with one attached hydrogen (secondary N) is 1. The van der Waals surface area contributed by atoms with Crippen LogP contribution < -0.4 is 11.1 Å². The number of rotatable bonds is 6. The van der Waals surface area contributed by atoms with Gasteiger partial charge in [0, 0.05) is 24.2 Å². The Morgan fingerprint density at radius 3 is 2.63 bits per heavy atom. The van der Waals surface area contributed by atoms with Crippen molar-refractivity contribution in [1.29, 1.82) is 0 Å². The van der Waals surface area contributed by atoms with Crippen LogP contribution in [0.3, 0.4) is 0 Å². The summed E-state index contributed by atoms with van der Waals surface area (Å²) in [5.74, 6) is -0.293. The molecule has 0 aliphatic carbocycles. The number of amides is 1. The van der Waals surface area contributed by atoms with Crippen LogP contribution in [-0.4, -0.2) is 23.9 Å². The molecule has 0 unspecified atom stereocenters. The number of nitro benzene ring substituents is 1. The molecule has 106 valence electrons. The van der Waals surface area contributed by atoms with E-state index in [2.05, 4.69) is 5.32 Å². The van der Waals surface area contributed by atoms with Crippen molar-refractivity contribution in [1.82, 2.24) is 5.32 Å². The molecule has 0 heterocycles. The summed E-state index contributed by atoms with van der Waals surface area (Å²) in [5.41, 5.74) is 6.28. The average molecular weight is 288 g/mol. The maximum absolute atomic E-state index is 11.8. The second kappa shape index (κ2) is 8.44. The minimum Gasteiger partial charge on any atom is -0.352 e. The standard InChI is InChI=1S/C12H17N3O3.ClH/c1-9-6-10(8-11(7-9)15(17)18)12(16)14-5-3-2-4-13;/h6-8H,2-5,13H2,1H3,(H,14,16);1H. The lowest BCUT2D eigenvalue weighted by atomic mass is 10.1. The van der Waals surface area contributed by atoms with Crippen LogP contribution in [-0.2, 0) is 0 Å². The highest BCUT2D eigenvalue weighted by Gasteiger charge is 2.12. The van der Waals surface area contributed by atoms with Gasteiger partial charge in [0.05, 0.1) is 4.92 Å². The smallest absolute Gasteiger partial charge is 0.270 e. The van der Waals surface area contributed by atoms with E-state index < -0.39 is 4.92 Å². The predicted octanol–water partition coefficient (Wildman–Crippen LogP) is 1.79. The molecule has 1 amide bonds. The fourth-order valence-electron chi connectivity index (χ4n) is 1.57. The van der Waals surface area contributed by atoms with Crippen LogP contribution in [0.5, 0.6) is 0 Å². The van der Waals surface area contributed by atoms with Crippen molar-refractivity contribution < 1.29 is 9.72 Å². The van der Waals surface area contributed by atoms with E-state index in [9.17, 15) is 14.9 Å². The summed E-state index contributed by atoms with van der Waals surface area (Å²) in [6.07, 6.45) is 1.64. The van der Waals surface area contributed by atoms with Crippen molar-refractivity contribution in [3.05, 3.63) is 39.4 Å². The summed E-state index contributed by atoms with van der Waals surface area (Å²) in [6, 6.07) is 4.35.